The van der Waals surface area contributed by atoms with Crippen molar-refractivity contribution in [2.24, 2.45) is 5.73 Å². The van der Waals surface area contributed by atoms with Gasteiger partial charge in [0.1, 0.15) is 15.7 Å². The zero-order valence-electron chi connectivity index (χ0n) is 9.19. The number of halogens is 1. The lowest BCUT2D eigenvalue weighted by Gasteiger charge is -2.12. The Balaban J connectivity index is 2.54. The molecule has 0 saturated heterocycles. The first-order chi connectivity index (χ1) is 7.40. The van der Waals surface area contributed by atoms with Gasteiger partial charge in [-0.2, -0.15) is 0 Å². The Morgan fingerprint density at radius 2 is 2.00 bits per heavy atom. The first kappa shape index (κ1) is 13.1. The van der Waals surface area contributed by atoms with Crippen LogP contribution in [-0.2, 0) is 9.84 Å². The van der Waals surface area contributed by atoms with Gasteiger partial charge in [-0.1, -0.05) is 18.2 Å². The minimum absolute atomic E-state index is 0.0924. The summed E-state index contributed by atoms with van der Waals surface area (Å²) in [4.78, 5) is 0. The maximum atomic E-state index is 13.3. The predicted molar refractivity (Wildman–Crippen MR) is 62.3 cm³/mol. The van der Waals surface area contributed by atoms with E-state index in [0.29, 0.717) is 18.4 Å². The van der Waals surface area contributed by atoms with E-state index in [-0.39, 0.29) is 11.6 Å². The first-order valence-electron chi connectivity index (χ1n) is 5.08. The van der Waals surface area contributed by atoms with Crippen LogP contribution < -0.4 is 5.73 Å². The fourth-order valence-corrected chi connectivity index (χ4v) is 2.19. The van der Waals surface area contributed by atoms with Crippen LogP contribution >= 0.6 is 0 Å². The lowest BCUT2D eigenvalue weighted by Crippen LogP contribution is -2.14. The van der Waals surface area contributed by atoms with Gasteiger partial charge in [-0.3, -0.25) is 0 Å². The van der Waals surface area contributed by atoms with E-state index in [2.05, 4.69) is 0 Å². The van der Waals surface area contributed by atoms with E-state index in [1.807, 2.05) is 0 Å². The molecule has 3 nitrogen and oxygen atoms in total. The third-order valence-electron chi connectivity index (χ3n) is 2.33. The molecule has 1 rings (SSSR count). The first-order valence-corrected chi connectivity index (χ1v) is 7.14. The number of nitrogens with two attached hydrogens (primary N) is 1. The summed E-state index contributed by atoms with van der Waals surface area (Å²) in [6, 6.07) is 5.85. The molecule has 1 atom stereocenters. The molecule has 0 aliphatic carbocycles. The molecule has 2 N–H and O–H groups in total. The molecule has 0 aliphatic heterocycles. The molecule has 16 heavy (non-hydrogen) atoms. The summed E-state index contributed by atoms with van der Waals surface area (Å²) in [7, 11) is -2.96. The molecule has 1 unspecified atom stereocenters. The largest absolute Gasteiger partial charge is 0.324 e. The van der Waals surface area contributed by atoms with E-state index < -0.39 is 15.9 Å². The Morgan fingerprint density at radius 3 is 2.56 bits per heavy atom. The fraction of sp³-hybridized carbons (Fsp3) is 0.455. The average molecular weight is 245 g/mol. The van der Waals surface area contributed by atoms with Crippen molar-refractivity contribution >= 4 is 9.84 Å². The van der Waals surface area contributed by atoms with Gasteiger partial charge >= 0.3 is 0 Å². The quantitative estimate of drug-likeness (QED) is 0.858. The predicted octanol–water partition coefficient (Wildman–Crippen LogP) is 1.65. The van der Waals surface area contributed by atoms with Crippen molar-refractivity contribution in [1.82, 2.24) is 0 Å². The van der Waals surface area contributed by atoms with Crippen molar-refractivity contribution in [1.29, 1.82) is 0 Å². The molecular weight excluding hydrogens is 229 g/mol. The zero-order valence-corrected chi connectivity index (χ0v) is 10.0. The molecule has 5 heteroatoms. The standard InChI is InChI=1S/C11H16FNO2S/c1-16(14,15)8-4-7-11(13)9-5-2-3-6-10(9)12/h2-3,5-6,11H,4,7-8,13H2,1H3. The Bertz CT molecular complexity index is 445. The summed E-state index contributed by atoms with van der Waals surface area (Å²) in [6.07, 6.45) is 2.10. The van der Waals surface area contributed by atoms with Crippen LogP contribution in [0.15, 0.2) is 24.3 Å². The Kier molecular flexibility index (Phi) is 4.44. The highest BCUT2D eigenvalue weighted by atomic mass is 32.2. The second kappa shape index (κ2) is 5.41. The lowest BCUT2D eigenvalue weighted by molar-refractivity contribution is 0.555. The molecule has 0 radical (unpaired) electrons. The molecule has 0 aromatic heterocycles. The third-order valence-corrected chi connectivity index (χ3v) is 3.37. The fourth-order valence-electron chi connectivity index (χ4n) is 1.50. The van der Waals surface area contributed by atoms with E-state index >= 15 is 0 Å². The Labute approximate surface area is 95.4 Å². The van der Waals surface area contributed by atoms with Crippen LogP contribution in [0.25, 0.3) is 0 Å². The topological polar surface area (TPSA) is 60.2 Å². The van der Waals surface area contributed by atoms with Gasteiger partial charge in [0.2, 0.25) is 0 Å². The Hall–Kier alpha value is -0.940. The van der Waals surface area contributed by atoms with Crippen LogP contribution in [0.3, 0.4) is 0 Å². The lowest BCUT2D eigenvalue weighted by atomic mass is 10.0. The van der Waals surface area contributed by atoms with Gasteiger partial charge in [0, 0.05) is 23.6 Å². The van der Waals surface area contributed by atoms with E-state index in [4.69, 9.17) is 5.73 Å². The zero-order chi connectivity index (χ0) is 12.2. The van der Waals surface area contributed by atoms with Crippen LogP contribution in [0.1, 0.15) is 24.4 Å². The number of hydrogen-bond donors (Lipinski definition) is 1. The highest BCUT2D eigenvalue weighted by Crippen LogP contribution is 2.18. The summed E-state index contributed by atoms with van der Waals surface area (Å²) >= 11 is 0. The summed E-state index contributed by atoms with van der Waals surface area (Å²) in [5.41, 5.74) is 6.23. The molecule has 0 fully saturated rings. The van der Waals surface area contributed by atoms with Crippen molar-refractivity contribution in [3.63, 3.8) is 0 Å². The van der Waals surface area contributed by atoms with E-state index in [1.165, 1.54) is 12.3 Å². The minimum Gasteiger partial charge on any atom is -0.324 e. The maximum Gasteiger partial charge on any atom is 0.147 e. The molecule has 0 spiro atoms. The average Bonchev–Trinajstić information content (AvgIpc) is 2.16. The summed E-state index contributed by atoms with van der Waals surface area (Å²) in [5, 5.41) is 0. The number of hydrogen-bond acceptors (Lipinski definition) is 3. The van der Waals surface area contributed by atoms with Crippen molar-refractivity contribution in [2.45, 2.75) is 18.9 Å². The van der Waals surface area contributed by atoms with Gasteiger partial charge in [0.15, 0.2) is 0 Å². The summed E-state index contributed by atoms with van der Waals surface area (Å²) < 4.78 is 35.1. The van der Waals surface area contributed by atoms with Gasteiger partial charge in [0.25, 0.3) is 0 Å². The van der Waals surface area contributed by atoms with E-state index in [1.54, 1.807) is 18.2 Å². The van der Waals surface area contributed by atoms with E-state index in [0.717, 1.165) is 0 Å². The van der Waals surface area contributed by atoms with Gasteiger partial charge in [0.05, 0.1) is 0 Å². The van der Waals surface area contributed by atoms with Gasteiger partial charge < -0.3 is 5.73 Å². The van der Waals surface area contributed by atoms with Gasteiger partial charge in [-0.05, 0) is 18.9 Å². The highest BCUT2D eigenvalue weighted by molar-refractivity contribution is 7.90. The van der Waals surface area contributed by atoms with Gasteiger partial charge in [-0.25, -0.2) is 12.8 Å². The van der Waals surface area contributed by atoms with Crippen molar-refractivity contribution in [3.05, 3.63) is 35.6 Å². The van der Waals surface area contributed by atoms with Crippen molar-refractivity contribution in [2.75, 3.05) is 12.0 Å². The number of rotatable bonds is 5. The SMILES string of the molecule is CS(=O)(=O)CCCC(N)c1ccccc1F. The normalized spacial score (nSPS) is 13.7. The number of benzene rings is 1. The molecule has 0 amide bonds. The van der Waals surface area contributed by atoms with Crippen LogP contribution in [0.2, 0.25) is 0 Å². The van der Waals surface area contributed by atoms with Crippen LogP contribution in [0, 0.1) is 5.82 Å². The molecule has 0 saturated carbocycles. The smallest absolute Gasteiger partial charge is 0.147 e. The number of sulfone groups is 1. The molecule has 1 aromatic carbocycles. The minimum atomic E-state index is -2.96. The monoisotopic (exact) mass is 245 g/mol. The molecule has 90 valence electrons. The Morgan fingerprint density at radius 1 is 1.38 bits per heavy atom. The molecule has 0 heterocycles. The molecule has 0 aliphatic rings. The molecule has 1 aromatic rings. The summed E-state index contributed by atoms with van der Waals surface area (Å²) in [5.74, 6) is -0.246. The second-order valence-corrected chi connectivity index (χ2v) is 6.16. The second-order valence-electron chi connectivity index (χ2n) is 3.90. The van der Waals surface area contributed by atoms with Crippen LogP contribution in [-0.4, -0.2) is 20.4 Å². The van der Waals surface area contributed by atoms with Gasteiger partial charge in [-0.15, -0.1) is 0 Å². The summed E-state index contributed by atoms with van der Waals surface area (Å²) in [6.45, 7) is 0. The van der Waals surface area contributed by atoms with Crippen molar-refractivity contribution in [3.8, 4) is 0 Å². The molecular formula is C11H16FNO2S. The van der Waals surface area contributed by atoms with Crippen LogP contribution in [0.4, 0.5) is 4.39 Å². The van der Waals surface area contributed by atoms with Crippen LogP contribution in [0.5, 0.6) is 0 Å². The molecule has 0 bridgehead atoms. The third kappa shape index (κ3) is 4.28. The van der Waals surface area contributed by atoms with Crippen molar-refractivity contribution < 1.29 is 12.8 Å². The highest BCUT2D eigenvalue weighted by Gasteiger charge is 2.11. The maximum absolute atomic E-state index is 13.3. The van der Waals surface area contributed by atoms with E-state index in [9.17, 15) is 12.8 Å².